The second kappa shape index (κ2) is 12.1. The molecule has 4 aromatic rings. The SMILES string of the molecule is CC[C@H](C)Oc1ccc(/C=N/NC(=O)c2ccc(COc3ccc(-n4c(C)ccc4C)cc3)o2)cc1[N+](=O)[O-]. The zero-order valence-electron chi connectivity index (χ0n) is 22.2. The fourth-order valence-electron chi connectivity index (χ4n) is 3.88. The third-order valence-electron chi connectivity index (χ3n) is 6.10. The molecule has 2 aromatic heterocycles. The number of hydrazone groups is 1. The number of aromatic nitrogens is 1. The predicted octanol–water partition coefficient (Wildman–Crippen LogP) is 6.12. The van der Waals surface area contributed by atoms with Crippen LogP contribution in [-0.4, -0.2) is 27.7 Å². The van der Waals surface area contributed by atoms with E-state index in [9.17, 15) is 14.9 Å². The summed E-state index contributed by atoms with van der Waals surface area (Å²) in [6.07, 6.45) is 1.87. The van der Waals surface area contributed by atoms with Crippen LogP contribution in [0, 0.1) is 24.0 Å². The van der Waals surface area contributed by atoms with Crippen molar-refractivity contribution in [2.45, 2.75) is 46.8 Å². The van der Waals surface area contributed by atoms with Crippen molar-refractivity contribution in [3.8, 4) is 17.2 Å². The van der Waals surface area contributed by atoms with Crippen molar-refractivity contribution in [3.05, 3.63) is 105 Å². The third kappa shape index (κ3) is 6.72. The largest absolute Gasteiger partial charge is 0.486 e. The molecule has 0 aliphatic heterocycles. The number of amides is 1. The van der Waals surface area contributed by atoms with Crippen LogP contribution in [0.25, 0.3) is 5.69 Å². The second-order valence-electron chi connectivity index (χ2n) is 9.02. The number of benzene rings is 2. The number of hydrogen-bond donors (Lipinski definition) is 1. The van der Waals surface area contributed by atoms with Crippen molar-refractivity contribution in [1.29, 1.82) is 0 Å². The van der Waals surface area contributed by atoms with Gasteiger partial charge in [0.15, 0.2) is 11.5 Å². The maximum atomic E-state index is 12.4. The monoisotopic (exact) mass is 530 g/mol. The fraction of sp³-hybridized carbons (Fsp3) is 0.241. The first-order chi connectivity index (χ1) is 18.7. The van der Waals surface area contributed by atoms with Gasteiger partial charge in [-0.3, -0.25) is 14.9 Å². The lowest BCUT2D eigenvalue weighted by atomic mass is 10.2. The lowest BCUT2D eigenvalue weighted by Crippen LogP contribution is -2.16. The van der Waals surface area contributed by atoms with Gasteiger partial charge in [0.1, 0.15) is 18.1 Å². The number of carbonyl (C=O) groups excluding carboxylic acids is 1. The van der Waals surface area contributed by atoms with Gasteiger partial charge in [-0.2, -0.15) is 5.10 Å². The molecule has 0 bridgehead atoms. The average molecular weight is 531 g/mol. The Morgan fingerprint density at radius 2 is 1.82 bits per heavy atom. The topological polar surface area (TPSA) is 121 Å². The van der Waals surface area contributed by atoms with Crippen LogP contribution in [0.5, 0.6) is 11.5 Å². The van der Waals surface area contributed by atoms with Gasteiger partial charge in [-0.15, -0.1) is 0 Å². The van der Waals surface area contributed by atoms with Crippen LogP contribution in [0.1, 0.15) is 53.5 Å². The van der Waals surface area contributed by atoms with E-state index in [1.54, 1.807) is 12.1 Å². The van der Waals surface area contributed by atoms with E-state index in [4.69, 9.17) is 13.9 Å². The van der Waals surface area contributed by atoms with Crippen molar-refractivity contribution in [3.63, 3.8) is 0 Å². The first kappa shape index (κ1) is 27.2. The van der Waals surface area contributed by atoms with Gasteiger partial charge in [0, 0.05) is 28.7 Å². The summed E-state index contributed by atoms with van der Waals surface area (Å²) in [7, 11) is 0. The van der Waals surface area contributed by atoms with Crippen LogP contribution in [0.4, 0.5) is 5.69 Å². The highest BCUT2D eigenvalue weighted by Crippen LogP contribution is 2.29. The molecule has 39 heavy (non-hydrogen) atoms. The summed E-state index contributed by atoms with van der Waals surface area (Å²) in [4.78, 5) is 23.3. The molecule has 0 aliphatic carbocycles. The zero-order valence-corrected chi connectivity index (χ0v) is 22.2. The van der Waals surface area contributed by atoms with Crippen molar-refractivity contribution in [2.24, 2.45) is 5.10 Å². The molecule has 10 heteroatoms. The van der Waals surface area contributed by atoms with E-state index in [0.717, 1.165) is 17.1 Å². The van der Waals surface area contributed by atoms with E-state index in [1.165, 1.54) is 24.4 Å². The first-order valence-corrected chi connectivity index (χ1v) is 12.5. The average Bonchev–Trinajstić information content (AvgIpc) is 3.54. The van der Waals surface area contributed by atoms with Crippen molar-refractivity contribution in [1.82, 2.24) is 9.99 Å². The van der Waals surface area contributed by atoms with Crippen LogP contribution in [0.3, 0.4) is 0 Å². The van der Waals surface area contributed by atoms with E-state index in [1.807, 2.05) is 38.1 Å². The summed E-state index contributed by atoms with van der Waals surface area (Å²) in [5.41, 5.74) is 5.96. The number of nitro benzene ring substituents is 1. The molecule has 0 saturated carbocycles. The molecule has 2 aromatic carbocycles. The summed E-state index contributed by atoms with van der Waals surface area (Å²) in [6.45, 7) is 8.03. The van der Waals surface area contributed by atoms with Crippen LogP contribution >= 0.6 is 0 Å². The standard InChI is InChI=1S/C29H30N4O6/c1-5-21(4)38-27-14-8-22(16-26(27)33(35)36)17-30-31-29(34)28-15-13-25(39-28)18-37-24-11-9-23(10-12-24)32-19(2)6-7-20(32)3/h6-17,21H,5,18H2,1-4H3,(H,31,34)/b30-17+/t21-/m0/s1. The Kier molecular flexibility index (Phi) is 8.45. The van der Waals surface area contributed by atoms with E-state index in [-0.39, 0.29) is 29.9 Å². The Balaban J connectivity index is 1.32. The molecule has 0 unspecified atom stereocenters. The molecule has 202 valence electrons. The van der Waals surface area contributed by atoms with E-state index in [2.05, 4.69) is 41.1 Å². The van der Waals surface area contributed by atoms with Gasteiger partial charge < -0.3 is 18.5 Å². The number of nitrogens with zero attached hydrogens (tertiary/aromatic N) is 3. The predicted molar refractivity (Wildman–Crippen MR) is 147 cm³/mol. The molecule has 1 atom stereocenters. The molecule has 2 heterocycles. The zero-order chi connectivity index (χ0) is 27.9. The van der Waals surface area contributed by atoms with Gasteiger partial charge in [-0.25, -0.2) is 5.43 Å². The van der Waals surface area contributed by atoms with Gasteiger partial charge in [-0.05, 0) is 87.9 Å². The highest BCUT2D eigenvalue weighted by atomic mass is 16.6. The molecule has 1 amide bonds. The number of aryl methyl sites for hydroxylation is 2. The quantitative estimate of drug-likeness (QED) is 0.142. The Morgan fingerprint density at radius 1 is 1.10 bits per heavy atom. The molecule has 0 aliphatic rings. The molecular weight excluding hydrogens is 500 g/mol. The molecule has 1 N–H and O–H groups in total. The van der Waals surface area contributed by atoms with Crippen molar-refractivity contribution >= 4 is 17.8 Å². The summed E-state index contributed by atoms with van der Waals surface area (Å²) in [5.74, 6) is 0.817. The maximum absolute atomic E-state index is 12.4. The van der Waals surface area contributed by atoms with Crippen molar-refractivity contribution in [2.75, 3.05) is 0 Å². The fourth-order valence-corrected chi connectivity index (χ4v) is 3.88. The summed E-state index contributed by atoms with van der Waals surface area (Å²) < 4.78 is 19.1. The van der Waals surface area contributed by atoms with Gasteiger partial charge in [-0.1, -0.05) is 6.92 Å². The van der Waals surface area contributed by atoms with Gasteiger partial charge in [0.25, 0.3) is 0 Å². The number of rotatable bonds is 11. The lowest BCUT2D eigenvalue weighted by molar-refractivity contribution is -0.386. The Hall–Kier alpha value is -4.86. The van der Waals surface area contributed by atoms with Crippen LogP contribution < -0.4 is 14.9 Å². The Morgan fingerprint density at radius 3 is 2.49 bits per heavy atom. The highest BCUT2D eigenvalue weighted by molar-refractivity contribution is 5.92. The summed E-state index contributed by atoms with van der Waals surface area (Å²) in [5, 5.41) is 15.3. The van der Waals surface area contributed by atoms with Crippen LogP contribution in [-0.2, 0) is 6.61 Å². The summed E-state index contributed by atoms with van der Waals surface area (Å²) in [6, 6.07) is 19.5. The van der Waals surface area contributed by atoms with Gasteiger partial charge in [0.05, 0.1) is 17.2 Å². The van der Waals surface area contributed by atoms with Crippen LogP contribution in [0.2, 0.25) is 0 Å². The first-order valence-electron chi connectivity index (χ1n) is 12.5. The molecule has 10 nitrogen and oxygen atoms in total. The Labute approximate surface area is 226 Å². The molecule has 0 spiro atoms. The number of hydrogen-bond acceptors (Lipinski definition) is 7. The summed E-state index contributed by atoms with van der Waals surface area (Å²) >= 11 is 0. The highest BCUT2D eigenvalue weighted by Gasteiger charge is 2.17. The van der Waals surface area contributed by atoms with Gasteiger partial charge in [0.2, 0.25) is 0 Å². The number of furan rings is 1. The number of nitrogens with one attached hydrogen (secondary N) is 1. The third-order valence-corrected chi connectivity index (χ3v) is 6.10. The molecular formula is C29H30N4O6. The minimum Gasteiger partial charge on any atom is -0.486 e. The molecule has 0 radical (unpaired) electrons. The minimum absolute atomic E-state index is 0.0583. The van der Waals surface area contributed by atoms with E-state index >= 15 is 0 Å². The van der Waals surface area contributed by atoms with Crippen LogP contribution in [0.15, 0.2) is 76.2 Å². The number of nitro groups is 1. The maximum Gasteiger partial charge on any atom is 0.311 e. The molecule has 0 fully saturated rings. The van der Waals surface area contributed by atoms with Crippen molar-refractivity contribution < 1.29 is 23.6 Å². The van der Waals surface area contributed by atoms with Gasteiger partial charge >= 0.3 is 11.6 Å². The molecule has 0 saturated heterocycles. The minimum atomic E-state index is -0.564. The normalized spacial score (nSPS) is 11.9. The smallest absolute Gasteiger partial charge is 0.311 e. The van der Waals surface area contributed by atoms with E-state index in [0.29, 0.717) is 23.5 Å². The number of ether oxygens (including phenoxy) is 2. The number of carbonyl (C=O) groups is 1. The van der Waals surface area contributed by atoms with E-state index < -0.39 is 10.8 Å². The second-order valence-corrected chi connectivity index (χ2v) is 9.02. The Bertz CT molecular complexity index is 1470. The molecule has 4 rings (SSSR count). The lowest BCUT2D eigenvalue weighted by Gasteiger charge is -2.12.